The minimum absolute atomic E-state index is 0.380. The molecule has 0 radical (unpaired) electrons. The molecule has 3 rings (SSSR count). The molecule has 2 aromatic rings. The molecule has 0 aliphatic heterocycles. The van der Waals surface area contributed by atoms with Gasteiger partial charge in [0.1, 0.15) is 5.75 Å². The van der Waals surface area contributed by atoms with Crippen molar-refractivity contribution in [2.75, 3.05) is 7.11 Å². The maximum absolute atomic E-state index is 11.3. The number of hydrogen-bond acceptors (Lipinski definition) is 2. The number of aromatic carboxylic acids is 1. The maximum Gasteiger partial charge on any atom is 0.337 e. The number of ether oxygens (including phenoxy) is 1. The standard InChI is InChI=1S/C15H15NO3/c1-19-11-4-2-3-10(7-11)13-8-12(15(17)18)14(16-13)9-5-6-9/h2-4,7-9,16H,5-6H2,1H3,(H,17,18). The van der Waals surface area contributed by atoms with Gasteiger partial charge in [-0.25, -0.2) is 4.79 Å². The normalized spacial score (nSPS) is 14.4. The number of carboxylic acids is 1. The van der Waals surface area contributed by atoms with Crippen LogP contribution in [-0.4, -0.2) is 23.2 Å². The summed E-state index contributed by atoms with van der Waals surface area (Å²) in [6, 6.07) is 9.31. The van der Waals surface area contributed by atoms with E-state index < -0.39 is 5.97 Å². The second-order valence-electron chi connectivity index (χ2n) is 4.82. The van der Waals surface area contributed by atoms with Crippen LogP contribution >= 0.6 is 0 Å². The minimum Gasteiger partial charge on any atom is -0.497 e. The minimum atomic E-state index is -0.868. The fourth-order valence-electron chi connectivity index (χ4n) is 2.29. The van der Waals surface area contributed by atoms with E-state index in [9.17, 15) is 9.90 Å². The highest BCUT2D eigenvalue weighted by Crippen LogP contribution is 2.42. The molecule has 98 valence electrons. The summed E-state index contributed by atoms with van der Waals surface area (Å²) < 4.78 is 5.19. The van der Waals surface area contributed by atoms with Gasteiger partial charge >= 0.3 is 5.97 Å². The first-order valence-corrected chi connectivity index (χ1v) is 6.29. The van der Waals surface area contributed by atoms with Crippen molar-refractivity contribution in [3.05, 3.63) is 41.6 Å². The molecule has 1 aromatic heterocycles. The van der Waals surface area contributed by atoms with Crippen LogP contribution in [0.3, 0.4) is 0 Å². The van der Waals surface area contributed by atoms with Crippen LogP contribution in [0.4, 0.5) is 0 Å². The highest BCUT2D eigenvalue weighted by Gasteiger charge is 2.30. The van der Waals surface area contributed by atoms with Crippen LogP contribution in [0.1, 0.15) is 34.8 Å². The third-order valence-electron chi connectivity index (χ3n) is 3.44. The second kappa shape index (κ2) is 4.46. The lowest BCUT2D eigenvalue weighted by Gasteiger charge is -2.02. The molecule has 0 saturated heterocycles. The first kappa shape index (κ1) is 11.8. The molecule has 1 saturated carbocycles. The monoisotopic (exact) mass is 257 g/mol. The molecule has 1 fully saturated rings. The Morgan fingerprint density at radius 2 is 2.16 bits per heavy atom. The third kappa shape index (κ3) is 2.21. The molecule has 0 atom stereocenters. The topological polar surface area (TPSA) is 62.3 Å². The second-order valence-corrected chi connectivity index (χ2v) is 4.82. The van der Waals surface area contributed by atoms with Crippen LogP contribution in [0.5, 0.6) is 5.75 Å². The Morgan fingerprint density at radius 3 is 2.79 bits per heavy atom. The summed E-state index contributed by atoms with van der Waals surface area (Å²) in [6.07, 6.45) is 2.14. The van der Waals surface area contributed by atoms with Gasteiger partial charge in [-0.3, -0.25) is 0 Å². The number of hydrogen-bond donors (Lipinski definition) is 2. The Balaban J connectivity index is 2.04. The van der Waals surface area contributed by atoms with Gasteiger partial charge < -0.3 is 14.8 Å². The Labute approximate surface area is 111 Å². The number of H-pyrrole nitrogens is 1. The first-order chi connectivity index (χ1) is 9.19. The molecular formula is C15H15NO3. The molecule has 0 unspecified atom stereocenters. The van der Waals surface area contributed by atoms with Crippen molar-refractivity contribution in [3.8, 4) is 17.0 Å². The van der Waals surface area contributed by atoms with Crippen LogP contribution in [0.2, 0.25) is 0 Å². The van der Waals surface area contributed by atoms with Crippen molar-refractivity contribution in [1.29, 1.82) is 0 Å². The quantitative estimate of drug-likeness (QED) is 0.883. The summed E-state index contributed by atoms with van der Waals surface area (Å²) in [5, 5.41) is 9.26. The number of carboxylic acid groups (broad SMARTS) is 1. The molecule has 4 heteroatoms. The molecule has 1 aliphatic carbocycles. The predicted molar refractivity (Wildman–Crippen MR) is 71.7 cm³/mol. The van der Waals surface area contributed by atoms with E-state index in [-0.39, 0.29) is 0 Å². The summed E-state index contributed by atoms with van der Waals surface area (Å²) >= 11 is 0. The molecule has 19 heavy (non-hydrogen) atoms. The van der Waals surface area contributed by atoms with Gasteiger partial charge in [0.15, 0.2) is 0 Å². The van der Waals surface area contributed by atoms with Gasteiger partial charge in [0, 0.05) is 17.0 Å². The van der Waals surface area contributed by atoms with E-state index in [0.717, 1.165) is 35.5 Å². The van der Waals surface area contributed by atoms with E-state index in [4.69, 9.17) is 4.74 Å². The van der Waals surface area contributed by atoms with Crippen molar-refractivity contribution in [2.24, 2.45) is 0 Å². The molecule has 1 aromatic carbocycles. The molecular weight excluding hydrogens is 242 g/mol. The predicted octanol–water partition coefficient (Wildman–Crippen LogP) is 3.27. The fourth-order valence-corrected chi connectivity index (χ4v) is 2.29. The van der Waals surface area contributed by atoms with Crippen molar-refractivity contribution >= 4 is 5.97 Å². The van der Waals surface area contributed by atoms with Gasteiger partial charge in [-0.2, -0.15) is 0 Å². The highest BCUT2D eigenvalue weighted by molar-refractivity contribution is 5.91. The summed E-state index contributed by atoms with van der Waals surface area (Å²) in [6.45, 7) is 0. The van der Waals surface area contributed by atoms with Crippen LogP contribution < -0.4 is 4.74 Å². The molecule has 2 N–H and O–H groups in total. The zero-order valence-electron chi connectivity index (χ0n) is 10.6. The van der Waals surface area contributed by atoms with Crippen molar-refractivity contribution < 1.29 is 14.6 Å². The molecule has 0 spiro atoms. The lowest BCUT2D eigenvalue weighted by atomic mass is 10.1. The van der Waals surface area contributed by atoms with E-state index in [2.05, 4.69) is 4.98 Å². The Kier molecular flexibility index (Phi) is 2.78. The summed E-state index contributed by atoms with van der Waals surface area (Å²) in [5.74, 6) is 0.273. The van der Waals surface area contributed by atoms with Crippen molar-refractivity contribution in [2.45, 2.75) is 18.8 Å². The van der Waals surface area contributed by atoms with E-state index in [1.54, 1.807) is 13.2 Å². The molecule has 1 heterocycles. The summed E-state index contributed by atoms with van der Waals surface area (Å²) in [4.78, 5) is 14.5. The van der Waals surface area contributed by atoms with Crippen molar-refractivity contribution in [3.63, 3.8) is 0 Å². The third-order valence-corrected chi connectivity index (χ3v) is 3.44. The number of nitrogens with one attached hydrogen (secondary N) is 1. The lowest BCUT2D eigenvalue weighted by Crippen LogP contribution is -1.98. The van der Waals surface area contributed by atoms with Gasteiger partial charge in [-0.15, -0.1) is 0 Å². The lowest BCUT2D eigenvalue weighted by molar-refractivity contribution is 0.0696. The number of aromatic amines is 1. The summed E-state index contributed by atoms with van der Waals surface area (Å²) in [5.41, 5.74) is 3.01. The van der Waals surface area contributed by atoms with E-state index in [1.807, 2.05) is 24.3 Å². The van der Waals surface area contributed by atoms with Gasteiger partial charge in [-0.1, -0.05) is 12.1 Å². The Hall–Kier alpha value is -2.23. The van der Waals surface area contributed by atoms with E-state index in [1.165, 1.54) is 0 Å². The largest absolute Gasteiger partial charge is 0.497 e. The Bertz CT molecular complexity index is 626. The van der Waals surface area contributed by atoms with Gasteiger partial charge in [-0.05, 0) is 37.0 Å². The van der Waals surface area contributed by atoms with Crippen LogP contribution in [0, 0.1) is 0 Å². The van der Waals surface area contributed by atoms with Crippen molar-refractivity contribution in [1.82, 2.24) is 4.98 Å². The van der Waals surface area contributed by atoms with E-state index in [0.29, 0.717) is 11.5 Å². The molecule has 4 nitrogen and oxygen atoms in total. The average molecular weight is 257 g/mol. The molecule has 0 bridgehead atoms. The number of carbonyl (C=O) groups is 1. The SMILES string of the molecule is COc1cccc(-c2cc(C(=O)O)c(C3CC3)[nH]2)c1. The average Bonchev–Trinajstić information content (AvgIpc) is 3.17. The van der Waals surface area contributed by atoms with Crippen LogP contribution in [0.15, 0.2) is 30.3 Å². The maximum atomic E-state index is 11.3. The number of rotatable bonds is 4. The smallest absolute Gasteiger partial charge is 0.337 e. The van der Waals surface area contributed by atoms with E-state index >= 15 is 0 Å². The summed E-state index contributed by atoms with van der Waals surface area (Å²) in [7, 11) is 1.62. The first-order valence-electron chi connectivity index (χ1n) is 6.29. The fraction of sp³-hybridized carbons (Fsp3) is 0.267. The Morgan fingerprint density at radius 1 is 1.37 bits per heavy atom. The van der Waals surface area contributed by atoms with Crippen LogP contribution in [0.25, 0.3) is 11.3 Å². The van der Waals surface area contributed by atoms with Gasteiger partial charge in [0.05, 0.1) is 12.7 Å². The zero-order valence-corrected chi connectivity index (χ0v) is 10.6. The highest BCUT2D eigenvalue weighted by atomic mass is 16.5. The zero-order chi connectivity index (χ0) is 13.4. The number of benzene rings is 1. The molecule has 0 amide bonds. The van der Waals surface area contributed by atoms with Crippen LogP contribution in [-0.2, 0) is 0 Å². The van der Waals surface area contributed by atoms with Gasteiger partial charge in [0.2, 0.25) is 0 Å². The molecule has 1 aliphatic rings. The number of methoxy groups -OCH3 is 1. The number of aromatic nitrogens is 1. The van der Waals surface area contributed by atoms with Gasteiger partial charge in [0.25, 0.3) is 0 Å².